The third-order valence-corrected chi connectivity index (χ3v) is 4.16. The number of nitrogens with zero attached hydrogens (tertiary/aromatic N) is 3. The molecule has 1 saturated carbocycles. The lowest BCUT2D eigenvalue weighted by atomic mass is 10.2. The second-order valence-electron chi connectivity index (χ2n) is 5.97. The molecular weight excluding hydrogens is 296 g/mol. The molecule has 1 aliphatic heterocycles. The second-order valence-corrected chi connectivity index (χ2v) is 5.97. The third-order valence-electron chi connectivity index (χ3n) is 4.16. The minimum absolute atomic E-state index is 0.0722. The Morgan fingerprint density at radius 3 is 2.70 bits per heavy atom. The second kappa shape index (κ2) is 6.95. The first-order chi connectivity index (χ1) is 11.2. The molecule has 2 amide bonds. The van der Waals surface area contributed by atoms with Gasteiger partial charge in [-0.25, -0.2) is 4.98 Å². The Bertz CT molecular complexity index is 580. The largest absolute Gasteiger partial charge is 0.480 e. The summed E-state index contributed by atoms with van der Waals surface area (Å²) in [5, 5.41) is 2.99. The average Bonchev–Trinajstić information content (AvgIpc) is 3.38. The number of aromatic nitrogens is 1. The number of carbonyl (C=O) groups is 2. The Morgan fingerprint density at radius 2 is 2.04 bits per heavy atom. The van der Waals surface area contributed by atoms with Gasteiger partial charge in [-0.05, 0) is 25.0 Å². The molecule has 0 unspecified atom stereocenters. The monoisotopic (exact) mass is 318 g/mol. The first-order valence-electron chi connectivity index (χ1n) is 7.97. The van der Waals surface area contributed by atoms with Gasteiger partial charge in [0.05, 0.1) is 13.7 Å². The molecule has 0 bridgehead atoms. The van der Waals surface area contributed by atoms with Crippen molar-refractivity contribution in [1.82, 2.24) is 20.1 Å². The van der Waals surface area contributed by atoms with Gasteiger partial charge >= 0.3 is 0 Å². The van der Waals surface area contributed by atoms with Crippen LogP contribution in [0.25, 0.3) is 0 Å². The molecule has 7 nitrogen and oxygen atoms in total. The van der Waals surface area contributed by atoms with Crippen molar-refractivity contribution in [3.8, 4) is 5.88 Å². The fourth-order valence-corrected chi connectivity index (χ4v) is 2.70. The first kappa shape index (κ1) is 15.7. The van der Waals surface area contributed by atoms with E-state index in [4.69, 9.17) is 4.74 Å². The molecule has 1 aromatic heterocycles. The highest BCUT2D eigenvalue weighted by Crippen LogP contribution is 2.19. The average molecular weight is 318 g/mol. The molecule has 1 aliphatic carbocycles. The summed E-state index contributed by atoms with van der Waals surface area (Å²) in [5.41, 5.74) is 0.481. The zero-order valence-electron chi connectivity index (χ0n) is 13.3. The summed E-state index contributed by atoms with van der Waals surface area (Å²) in [7, 11) is 1.51. The minimum Gasteiger partial charge on any atom is -0.480 e. The van der Waals surface area contributed by atoms with Crippen LogP contribution in [0.3, 0.4) is 0 Å². The molecule has 7 heteroatoms. The van der Waals surface area contributed by atoms with Crippen molar-refractivity contribution in [2.75, 3.05) is 39.8 Å². The number of amides is 2. The molecule has 0 aromatic carbocycles. The molecular formula is C16H22N4O3. The number of hydrogen-bond donors (Lipinski definition) is 1. The van der Waals surface area contributed by atoms with E-state index in [1.54, 1.807) is 23.2 Å². The third kappa shape index (κ3) is 3.98. The zero-order chi connectivity index (χ0) is 16.2. The molecule has 2 fully saturated rings. The minimum atomic E-state index is -0.0722. The van der Waals surface area contributed by atoms with E-state index in [0.717, 1.165) is 12.8 Å². The van der Waals surface area contributed by atoms with E-state index in [1.807, 2.05) is 0 Å². The number of carbonyl (C=O) groups excluding carboxylic acids is 2. The first-order valence-corrected chi connectivity index (χ1v) is 7.97. The Morgan fingerprint density at radius 1 is 1.30 bits per heavy atom. The Labute approximate surface area is 135 Å². The van der Waals surface area contributed by atoms with Gasteiger partial charge in [-0.3, -0.25) is 14.5 Å². The molecule has 2 aliphatic rings. The van der Waals surface area contributed by atoms with Crippen molar-refractivity contribution in [3.05, 3.63) is 23.9 Å². The summed E-state index contributed by atoms with van der Waals surface area (Å²) < 4.78 is 5.15. The molecule has 1 saturated heterocycles. The maximum Gasteiger partial charge on any atom is 0.259 e. The molecule has 23 heavy (non-hydrogen) atoms. The highest BCUT2D eigenvalue weighted by molar-refractivity contribution is 5.96. The number of ether oxygens (including phenoxy) is 1. The van der Waals surface area contributed by atoms with Crippen LogP contribution in [0.2, 0.25) is 0 Å². The van der Waals surface area contributed by atoms with Crippen molar-refractivity contribution < 1.29 is 14.3 Å². The van der Waals surface area contributed by atoms with Gasteiger partial charge in [0.25, 0.3) is 5.91 Å². The predicted molar refractivity (Wildman–Crippen MR) is 84.3 cm³/mol. The van der Waals surface area contributed by atoms with Crippen molar-refractivity contribution in [2.24, 2.45) is 0 Å². The number of methoxy groups -OCH3 is 1. The molecule has 0 radical (unpaired) electrons. The van der Waals surface area contributed by atoms with E-state index in [0.29, 0.717) is 50.2 Å². The van der Waals surface area contributed by atoms with Crippen molar-refractivity contribution in [3.63, 3.8) is 0 Å². The van der Waals surface area contributed by atoms with Crippen LogP contribution in [0.15, 0.2) is 18.3 Å². The number of hydrogen-bond acceptors (Lipinski definition) is 5. The number of rotatable bonds is 5. The van der Waals surface area contributed by atoms with Gasteiger partial charge in [0.2, 0.25) is 11.8 Å². The van der Waals surface area contributed by atoms with Crippen LogP contribution < -0.4 is 10.1 Å². The van der Waals surface area contributed by atoms with Crippen LogP contribution in [0.4, 0.5) is 0 Å². The van der Waals surface area contributed by atoms with E-state index in [1.165, 1.54) is 7.11 Å². The quantitative estimate of drug-likeness (QED) is 0.835. The summed E-state index contributed by atoms with van der Waals surface area (Å²) in [6, 6.07) is 3.85. The normalized spacial score (nSPS) is 18.6. The smallest absolute Gasteiger partial charge is 0.259 e. The number of piperazine rings is 1. The van der Waals surface area contributed by atoms with E-state index < -0.39 is 0 Å². The molecule has 2 heterocycles. The van der Waals surface area contributed by atoms with Gasteiger partial charge in [0.1, 0.15) is 5.56 Å². The molecule has 1 aromatic rings. The molecule has 3 rings (SSSR count). The summed E-state index contributed by atoms with van der Waals surface area (Å²) in [6.45, 7) is 3.02. The lowest BCUT2D eigenvalue weighted by molar-refractivity contribution is -0.122. The van der Waals surface area contributed by atoms with E-state index >= 15 is 0 Å². The van der Waals surface area contributed by atoms with Crippen molar-refractivity contribution >= 4 is 11.8 Å². The SMILES string of the molecule is COc1ncccc1C(=O)N1CCN(CC(=O)NC2CC2)CC1. The van der Waals surface area contributed by atoms with Crippen LogP contribution in [0.5, 0.6) is 5.88 Å². The highest BCUT2D eigenvalue weighted by atomic mass is 16.5. The number of pyridine rings is 1. The summed E-state index contributed by atoms with van der Waals surface area (Å²) in [5.74, 6) is 0.363. The Hall–Kier alpha value is -2.15. The highest BCUT2D eigenvalue weighted by Gasteiger charge is 2.27. The maximum atomic E-state index is 12.6. The van der Waals surface area contributed by atoms with Crippen LogP contribution in [-0.4, -0.2) is 72.5 Å². The van der Waals surface area contributed by atoms with E-state index in [-0.39, 0.29) is 11.8 Å². The zero-order valence-corrected chi connectivity index (χ0v) is 13.3. The van der Waals surface area contributed by atoms with E-state index in [2.05, 4.69) is 15.2 Å². The van der Waals surface area contributed by atoms with Gasteiger partial charge < -0.3 is 15.0 Å². The summed E-state index contributed by atoms with van der Waals surface area (Å²) >= 11 is 0. The standard InChI is InChI=1S/C16H22N4O3/c1-23-15-13(3-2-6-17-15)16(22)20-9-7-19(8-10-20)11-14(21)18-12-4-5-12/h2-3,6,12H,4-5,7-11H2,1H3,(H,18,21). The number of nitrogens with one attached hydrogen (secondary N) is 1. The van der Waals surface area contributed by atoms with Gasteiger partial charge in [0, 0.05) is 38.4 Å². The molecule has 124 valence electrons. The van der Waals surface area contributed by atoms with Crippen molar-refractivity contribution in [2.45, 2.75) is 18.9 Å². The van der Waals surface area contributed by atoms with Gasteiger partial charge in [-0.15, -0.1) is 0 Å². The fourth-order valence-electron chi connectivity index (χ4n) is 2.70. The topological polar surface area (TPSA) is 74.8 Å². The molecule has 0 atom stereocenters. The molecule has 0 spiro atoms. The van der Waals surface area contributed by atoms with Gasteiger partial charge in [-0.2, -0.15) is 0 Å². The lowest BCUT2D eigenvalue weighted by Gasteiger charge is -2.34. The maximum absolute atomic E-state index is 12.6. The lowest BCUT2D eigenvalue weighted by Crippen LogP contribution is -2.51. The Balaban J connectivity index is 1.51. The van der Waals surface area contributed by atoms with Crippen LogP contribution in [0, 0.1) is 0 Å². The van der Waals surface area contributed by atoms with Gasteiger partial charge in [-0.1, -0.05) is 0 Å². The van der Waals surface area contributed by atoms with E-state index in [9.17, 15) is 9.59 Å². The van der Waals surface area contributed by atoms with Crippen LogP contribution in [0.1, 0.15) is 23.2 Å². The van der Waals surface area contributed by atoms with Gasteiger partial charge in [0.15, 0.2) is 0 Å². The van der Waals surface area contributed by atoms with Crippen LogP contribution in [-0.2, 0) is 4.79 Å². The molecule has 1 N–H and O–H groups in total. The summed E-state index contributed by atoms with van der Waals surface area (Å²) in [6.07, 6.45) is 3.80. The Kier molecular flexibility index (Phi) is 4.76. The van der Waals surface area contributed by atoms with Crippen molar-refractivity contribution in [1.29, 1.82) is 0 Å². The predicted octanol–water partition coefficient (Wildman–Crippen LogP) is 0.127. The fraction of sp³-hybridized carbons (Fsp3) is 0.562. The van der Waals surface area contributed by atoms with Crippen LogP contribution >= 0.6 is 0 Å². The summed E-state index contributed by atoms with van der Waals surface area (Å²) in [4.78, 5) is 32.3.